The molecular weight excluding hydrogens is 414 g/mol. The van der Waals surface area contributed by atoms with Gasteiger partial charge >= 0.3 is 12.3 Å². The fourth-order valence-corrected chi connectivity index (χ4v) is 3.59. The van der Waals surface area contributed by atoms with Gasteiger partial charge in [-0.15, -0.1) is 0 Å². The summed E-state index contributed by atoms with van der Waals surface area (Å²) in [6.07, 6.45) is -7.27. The quantitative estimate of drug-likeness (QED) is 0.386. The highest BCUT2D eigenvalue weighted by Crippen LogP contribution is 2.36. The van der Waals surface area contributed by atoms with Gasteiger partial charge in [0.2, 0.25) is 5.91 Å². The number of nitrogens with zero attached hydrogens (tertiary/aromatic N) is 1. The minimum Gasteiger partial charge on any atom is -0.444 e. The van der Waals surface area contributed by atoms with Crippen LogP contribution >= 0.6 is 11.8 Å². The van der Waals surface area contributed by atoms with Gasteiger partial charge in [0.1, 0.15) is 17.8 Å². The van der Waals surface area contributed by atoms with E-state index in [2.05, 4.69) is 5.32 Å². The summed E-state index contributed by atoms with van der Waals surface area (Å²) in [6, 6.07) is -2.81. The predicted octanol–water partition coefficient (Wildman–Crippen LogP) is 4.28. The summed E-state index contributed by atoms with van der Waals surface area (Å²) in [4.78, 5) is 26.3. The second-order valence-corrected chi connectivity index (χ2v) is 10.3. The van der Waals surface area contributed by atoms with E-state index in [1.807, 2.05) is 0 Å². The molecule has 0 saturated carbocycles. The minimum absolute atomic E-state index is 0.231. The Morgan fingerprint density at radius 3 is 2.17 bits per heavy atom. The van der Waals surface area contributed by atoms with Crippen LogP contribution in [0.3, 0.4) is 0 Å². The van der Waals surface area contributed by atoms with E-state index in [1.165, 1.54) is 27.7 Å². The zero-order chi connectivity index (χ0) is 22.9. The molecule has 2 amide bonds. The van der Waals surface area contributed by atoms with Crippen molar-refractivity contribution in [2.75, 3.05) is 0 Å². The molecule has 0 aromatic carbocycles. The van der Waals surface area contributed by atoms with E-state index in [9.17, 15) is 27.2 Å². The van der Waals surface area contributed by atoms with E-state index in [0.717, 1.165) is 4.90 Å². The number of nitrogens with one attached hydrogen (secondary N) is 2. The van der Waals surface area contributed by atoms with Crippen LogP contribution in [0.2, 0.25) is 0 Å². The molecule has 1 fully saturated rings. The molecule has 4 atom stereocenters. The standard InChI is InChI=1S/C18H29F4N3O3S/c1-9-11(19)8-12(25(9)15(27)28-16(3,4)5)13(26)24-10(2)17(6,7)29-14(23)18(20,21)22/h9-12,23H,8H2,1-7H3,(H,24,26)/t9-,10+,11+,12-/m0/s1. The molecule has 168 valence electrons. The SMILES string of the molecule is C[C@H]1[C@H](F)C[C@@H](C(=O)N[C@H](C)C(C)(C)SC(=N)C(F)(F)F)N1C(=O)OC(C)(C)C. The first-order chi connectivity index (χ1) is 12.9. The highest BCUT2D eigenvalue weighted by atomic mass is 32.2. The van der Waals surface area contributed by atoms with Gasteiger partial charge in [-0.3, -0.25) is 15.1 Å². The average Bonchev–Trinajstić information content (AvgIpc) is 2.79. The van der Waals surface area contributed by atoms with Crippen molar-refractivity contribution in [1.29, 1.82) is 5.41 Å². The number of amides is 2. The summed E-state index contributed by atoms with van der Waals surface area (Å²) in [5.74, 6) is -0.678. The summed E-state index contributed by atoms with van der Waals surface area (Å²) in [6.45, 7) is 10.8. The summed E-state index contributed by atoms with van der Waals surface area (Å²) < 4.78 is 56.4. The molecule has 6 nitrogen and oxygen atoms in total. The Labute approximate surface area is 172 Å². The number of ether oxygens (including phenoxy) is 1. The van der Waals surface area contributed by atoms with Crippen molar-refractivity contribution in [1.82, 2.24) is 10.2 Å². The Bertz CT molecular complexity index is 649. The lowest BCUT2D eigenvalue weighted by molar-refractivity contribution is -0.126. The maximum Gasteiger partial charge on any atom is 0.438 e. The first kappa shape index (κ1) is 25.5. The molecule has 0 aromatic heterocycles. The van der Waals surface area contributed by atoms with E-state index in [4.69, 9.17) is 10.1 Å². The third-order valence-electron chi connectivity index (χ3n) is 4.68. The molecule has 0 bridgehead atoms. The van der Waals surface area contributed by atoms with Gasteiger partial charge in [-0.1, -0.05) is 11.8 Å². The minimum atomic E-state index is -4.78. The first-order valence-corrected chi connectivity index (χ1v) is 9.99. The normalized spacial score (nSPS) is 24.2. The monoisotopic (exact) mass is 443 g/mol. The maximum atomic E-state index is 14.3. The van der Waals surface area contributed by atoms with Crippen molar-refractivity contribution in [3.8, 4) is 0 Å². The highest BCUT2D eigenvalue weighted by molar-refractivity contribution is 8.15. The van der Waals surface area contributed by atoms with Gasteiger partial charge in [-0.25, -0.2) is 9.18 Å². The molecule has 1 aliphatic heterocycles. The van der Waals surface area contributed by atoms with Gasteiger partial charge in [0, 0.05) is 17.2 Å². The van der Waals surface area contributed by atoms with Gasteiger partial charge in [-0.2, -0.15) is 13.2 Å². The van der Waals surface area contributed by atoms with Gasteiger partial charge < -0.3 is 10.1 Å². The number of rotatable bonds is 4. The topological polar surface area (TPSA) is 82.5 Å². The number of carbonyl (C=O) groups is 2. The Morgan fingerprint density at radius 2 is 1.72 bits per heavy atom. The first-order valence-electron chi connectivity index (χ1n) is 9.17. The van der Waals surface area contributed by atoms with Crippen molar-refractivity contribution >= 4 is 28.8 Å². The highest BCUT2D eigenvalue weighted by Gasteiger charge is 2.48. The van der Waals surface area contributed by atoms with Crippen LogP contribution in [0.1, 0.15) is 54.9 Å². The van der Waals surface area contributed by atoms with Crippen LogP contribution in [-0.2, 0) is 9.53 Å². The largest absolute Gasteiger partial charge is 0.444 e. The van der Waals surface area contributed by atoms with Gasteiger partial charge in [0.25, 0.3) is 0 Å². The smallest absolute Gasteiger partial charge is 0.438 e. The molecule has 2 N–H and O–H groups in total. The second kappa shape index (κ2) is 8.69. The number of hydrogen-bond acceptors (Lipinski definition) is 5. The molecule has 1 saturated heterocycles. The lowest BCUT2D eigenvalue weighted by Crippen LogP contribution is -2.54. The van der Waals surface area contributed by atoms with Crippen molar-refractivity contribution in [3.63, 3.8) is 0 Å². The molecule has 0 aromatic rings. The Hall–Kier alpha value is -1.52. The van der Waals surface area contributed by atoms with Gasteiger partial charge in [0.15, 0.2) is 5.04 Å². The van der Waals surface area contributed by atoms with Gasteiger partial charge in [0.05, 0.1) is 6.04 Å². The van der Waals surface area contributed by atoms with Crippen molar-refractivity contribution in [2.24, 2.45) is 0 Å². The van der Waals surface area contributed by atoms with Crippen LogP contribution < -0.4 is 5.32 Å². The van der Waals surface area contributed by atoms with Crippen molar-refractivity contribution in [3.05, 3.63) is 0 Å². The number of carbonyl (C=O) groups excluding carboxylic acids is 2. The molecule has 0 radical (unpaired) electrons. The van der Waals surface area contributed by atoms with E-state index < -0.39 is 57.9 Å². The van der Waals surface area contributed by atoms with Gasteiger partial charge in [-0.05, 0) is 48.5 Å². The number of hydrogen-bond donors (Lipinski definition) is 2. The van der Waals surface area contributed by atoms with Crippen LogP contribution in [0, 0.1) is 5.41 Å². The zero-order valence-electron chi connectivity index (χ0n) is 17.6. The predicted molar refractivity (Wildman–Crippen MR) is 104 cm³/mol. The molecule has 0 aliphatic carbocycles. The second-order valence-electron chi connectivity index (χ2n) is 8.66. The van der Waals surface area contributed by atoms with E-state index in [0.29, 0.717) is 0 Å². The van der Waals surface area contributed by atoms with Crippen LogP contribution in [0.5, 0.6) is 0 Å². The Morgan fingerprint density at radius 1 is 1.21 bits per heavy atom. The molecular formula is C18H29F4N3O3S. The molecule has 1 heterocycles. The lowest BCUT2D eigenvalue weighted by atomic mass is 10.0. The van der Waals surface area contributed by atoms with Crippen molar-refractivity contribution in [2.45, 2.75) is 95.7 Å². The molecule has 11 heteroatoms. The van der Waals surface area contributed by atoms with Crippen LogP contribution in [0.4, 0.5) is 22.4 Å². The molecule has 29 heavy (non-hydrogen) atoms. The van der Waals surface area contributed by atoms with Crippen LogP contribution in [0.15, 0.2) is 0 Å². The van der Waals surface area contributed by atoms with Crippen LogP contribution in [-0.4, -0.2) is 62.8 Å². The zero-order valence-corrected chi connectivity index (χ0v) is 18.4. The number of thioether (sulfide) groups is 1. The number of likely N-dealkylation sites (tertiary alicyclic amines) is 1. The number of halogens is 4. The van der Waals surface area contributed by atoms with Crippen LogP contribution in [0.25, 0.3) is 0 Å². The van der Waals surface area contributed by atoms with Crippen molar-refractivity contribution < 1.29 is 31.9 Å². The number of alkyl halides is 4. The summed E-state index contributed by atoms with van der Waals surface area (Å²) >= 11 is 0.282. The molecule has 1 rings (SSSR count). The fourth-order valence-electron chi connectivity index (χ4n) is 2.72. The fraction of sp³-hybridized carbons (Fsp3) is 0.833. The maximum absolute atomic E-state index is 14.3. The molecule has 0 unspecified atom stereocenters. The summed E-state index contributed by atoms with van der Waals surface area (Å²) in [7, 11) is 0. The summed E-state index contributed by atoms with van der Waals surface area (Å²) in [5, 5.41) is 8.26. The lowest BCUT2D eigenvalue weighted by Gasteiger charge is -2.35. The third-order valence-corrected chi connectivity index (χ3v) is 5.99. The third kappa shape index (κ3) is 6.75. The van der Waals surface area contributed by atoms with E-state index >= 15 is 0 Å². The van der Waals surface area contributed by atoms with E-state index in [1.54, 1.807) is 20.8 Å². The summed E-state index contributed by atoms with van der Waals surface area (Å²) in [5.41, 5.74) is -0.837. The average molecular weight is 444 g/mol. The van der Waals surface area contributed by atoms with E-state index in [-0.39, 0.29) is 18.2 Å². The Balaban J connectivity index is 2.92. The molecule has 1 aliphatic rings. The Kier molecular flexibility index (Phi) is 7.65. The molecule has 0 spiro atoms.